The van der Waals surface area contributed by atoms with Gasteiger partial charge in [-0.25, -0.2) is 4.98 Å². The van der Waals surface area contributed by atoms with Gasteiger partial charge in [-0.3, -0.25) is 19.3 Å². The van der Waals surface area contributed by atoms with Crippen molar-refractivity contribution in [2.24, 2.45) is 0 Å². The Balaban J connectivity index is 1.97. The van der Waals surface area contributed by atoms with Gasteiger partial charge in [-0.05, 0) is 29.8 Å². The summed E-state index contributed by atoms with van der Waals surface area (Å²) < 4.78 is 11.6. The summed E-state index contributed by atoms with van der Waals surface area (Å²) in [5.74, 6) is 1.03. The average molecular weight is 356 g/mol. The van der Waals surface area contributed by atoms with Crippen LogP contribution < -0.4 is 20.3 Å². The Labute approximate surface area is 148 Å². The van der Waals surface area contributed by atoms with E-state index in [9.17, 15) is 14.9 Å². The second-order valence-electron chi connectivity index (χ2n) is 5.34. The lowest BCUT2D eigenvalue weighted by Crippen LogP contribution is -2.21. The van der Waals surface area contributed by atoms with Crippen LogP contribution in [0.3, 0.4) is 0 Å². The van der Waals surface area contributed by atoms with Crippen molar-refractivity contribution in [1.29, 1.82) is 0 Å². The zero-order valence-electron chi connectivity index (χ0n) is 14.1. The summed E-state index contributed by atoms with van der Waals surface area (Å²) in [6.07, 6.45) is 1.44. The fourth-order valence-corrected chi connectivity index (χ4v) is 2.54. The molecule has 3 aromatic rings. The van der Waals surface area contributed by atoms with Crippen molar-refractivity contribution in [2.75, 3.05) is 19.5 Å². The van der Waals surface area contributed by atoms with E-state index in [1.54, 1.807) is 36.4 Å². The third-order valence-corrected chi connectivity index (χ3v) is 3.80. The highest BCUT2D eigenvalue weighted by Gasteiger charge is 2.23. The molecule has 0 radical (unpaired) electrons. The van der Waals surface area contributed by atoms with Gasteiger partial charge in [0.2, 0.25) is 5.82 Å². The number of ether oxygens (including phenoxy) is 2. The average Bonchev–Trinajstić information content (AvgIpc) is 2.65. The lowest BCUT2D eigenvalue weighted by molar-refractivity contribution is -0.385. The van der Waals surface area contributed by atoms with E-state index in [1.807, 2.05) is 0 Å². The number of nitro groups is 1. The largest absolute Gasteiger partial charge is 0.493 e. The number of benzene rings is 1. The van der Waals surface area contributed by atoms with Crippen molar-refractivity contribution < 1.29 is 14.4 Å². The Morgan fingerprint density at radius 2 is 1.96 bits per heavy atom. The molecule has 0 spiro atoms. The van der Waals surface area contributed by atoms with Gasteiger partial charge in [0.15, 0.2) is 11.5 Å². The number of nitrogens with zero attached hydrogens (tertiary/aromatic N) is 3. The van der Waals surface area contributed by atoms with Crippen LogP contribution in [-0.4, -0.2) is 28.5 Å². The van der Waals surface area contributed by atoms with Gasteiger partial charge in [-0.2, -0.15) is 0 Å². The van der Waals surface area contributed by atoms with E-state index >= 15 is 0 Å². The lowest BCUT2D eigenvalue weighted by atomic mass is 10.2. The molecule has 1 N–H and O–H groups in total. The highest BCUT2D eigenvalue weighted by atomic mass is 16.6. The molecule has 0 amide bonds. The monoisotopic (exact) mass is 356 g/mol. The van der Waals surface area contributed by atoms with E-state index in [1.165, 1.54) is 20.4 Å². The third kappa shape index (κ3) is 3.14. The van der Waals surface area contributed by atoms with Gasteiger partial charge >= 0.3 is 11.2 Å². The number of hydrogen-bond acceptors (Lipinski definition) is 7. The summed E-state index contributed by atoms with van der Waals surface area (Å²) in [6, 6.07) is 10.2. The van der Waals surface area contributed by atoms with Crippen LogP contribution in [0.4, 0.5) is 11.5 Å². The van der Waals surface area contributed by atoms with E-state index in [4.69, 9.17) is 9.47 Å². The Morgan fingerprint density at radius 3 is 2.65 bits per heavy atom. The predicted molar refractivity (Wildman–Crippen MR) is 95.0 cm³/mol. The van der Waals surface area contributed by atoms with Crippen LogP contribution in [0, 0.1) is 10.1 Å². The van der Waals surface area contributed by atoms with Gasteiger partial charge in [0.1, 0.15) is 5.65 Å². The Morgan fingerprint density at radius 1 is 1.19 bits per heavy atom. The molecule has 0 atom stereocenters. The van der Waals surface area contributed by atoms with E-state index < -0.39 is 16.2 Å². The molecule has 134 valence electrons. The summed E-state index contributed by atoms with van der Waals surface area (Å²) in [6.45, 7) is 0.219. The van der Waals surface area contributed by atoms with Crippen LogP contribution in [0.5, 0.6) is 11.5 Å². The number of nitrogens with one attached hydrogen (secondary N) is 1. The van der Waals surface area contributed by atoms with Crippen LogP contribution in [0.15, 0.2) is 47.4 Å². The van der Waals surface area contributed by atoms with E-state index in [0.29, 0.717) is 17.1 Å². The first-order chi connectivity index (χ1) is 12.5. The van der Waals surface area contributed by atoms with Crippen molar-refractivity contribution in [1.82, 2.24) is 9.38 Å². The van der Waals surface area contributed by atoms with Crippen molar-refractivity contribution >= 4 is 17.2 Å². The molecule has 1 aromatic carbocycles. The number of aromatic nitrogens is 2. The van der Waals surface area contributed by atoms with Gasteiger partial charge in [0.05, 0.1) is 19.1 Å². The van der Waals surface area contributed by atoms with E-state index in [2.05, 4.69) is 10.3 Å². The minimum atomic E-state index is -0.740. The molecular weight excluding hydrogens is 340 g/mol. The number of anilines is 1. The number of rotatable bonds is 6. The topological polar surface area (TPSA) is 108 Å². The van der Waals surface area contributed by atoms with Crippen molar-refractivity contribution in [3.05, 3.63) is 68.6 Å². The van der Waals surface area contributed by atoms with Crippen LogP contribution in [0.1, 0.15) is 5.56 Å². The maximum Gasteiger partial charge on any atom is 0.376 e. The quantitative estimate of drug-likeness (QED) is 0.533. The van der Waals surface area contributed by atoms with Gasteiger partial charge in [0.25, 0.3) is 0 Å². The molecule has 2 aromatic heterocycles. The van der Waals surface area contributed by atoms with Crippen LogP contribution >= 0.6 is 0 Å². The SMILES string of the molecule is COc1ccc(CNc2nc3ccccn3c(=O)c2[N+](=O)[O-])cc1OC. The number of pyridine rings is 1. The molecule has 0 aliphatic rings. The second-order valence-corrected chi connectivity index (χ2v) is 5.34. The van der Waals surface area contributed by atoms with E-state index in [-0.39, 0.29) is 12.4 Å². The highest BCUT2D eigenvalue weighted by Crippen LogP contribution is 2.28. The fourth-order valence-electron chi connectivity index (χ4n) is 2.54. The van der Waals surface area contributed by atoms with Crippen LogP contribution in [-0.2, 0) is 6.54 Å². The summed E-state index contributed by atoms with van der Waals surface area (Å²) in [7, 11) is 3.05. The Kier molecular flexibility index (Phi) is 4.70. The Bertz CT molecular complexity index is 1030. The molecule has 2 heterocycles. The maximum atomic E-state index is 12.4. The minimum absolute atomic E-state index is 0.0824. The molecule has 3 rings (SSSR count). The maximum absolute atomic E-state index is 12.4. The molecule has 0 saturated carbocycles. The zero-order valence-corrected chi connectivity index (χ0v) is 14.1. The molecule has 26 heavy (non-hydrogen) atoms. The summed E-state index contributed by atoms with van der Waals surface area (Å²) >= 11 is 0. The van der Waals surface area contributed by atoms with Crippen molar-refractivity contribution in [3.63, 3.8) is 0 Å². The molecule has 0 bridgehead atoms. The number of fused-ring (bicyclic) bond motifs is 1. The highest BCUT2D eigenvalue weighted by molar-refractivity contribution is 5.60. The molecule has 9 nitrogen and oxygen atoms in total. The minimum Gasteiger partial charge on any atom is -0.493 e. The fraction of sp³-hybridized carbons (Fsp3) is 0.176. The standard InChI is InChI=1S/C17H16N4O5/c1-25-12-7-6-11(9-13(12)26-2)10-18-16-15(21(23)24)17(22)20-8-4-3-5-14(20)19-16/h3-9,18H,10H2,1-2H3. The Hall–Kier alpha value is -3.62. The predicted octanol–water partition coefficient (Wildman–Crippen LogP) is 2.23. The van der Waals surface area contributed by atoms with E-state index in [0.717, 1.165) is 9.96 Å². The smallest absolute Gasteiger partial charge is 0.376 e. The number of methoxy groups -OCH3 is 2. The normalized spacial score (nSPS) is 10.5. The first-order valence-corrected chi connectivity index (χ1v) is 7.65. The van der Waals surface area contributed by atoms with Crippen LogP contribution in [0.2, 0.25) is 0 Å². The second kappa shape index (κ2) is 7.09. The molecule has 0 aliphatic heterocycles. The molecular formula is C17H16N4O5. The number of hydrogen-bond donors (Lipinski definition) is 1. The van der Waals surface area contributed by atoms with Crippen molar-refractivity contribution in [3.8, 4) is 11.5 Å². The van der Waals surface area contributed by atoms with Gasteiger partial charge in [-0.15, -0.1) is 0 Å². The third-order valence-electron chi connectivity index (χ3n) is 3.80. The van der Waals surface area contributed by atoms with Gasteiger partial charge in [-0.1, -0.05) is 12.1 Å². The first-order valence-electron chi connectivity index (χ1n) is 7.65. The molecule has 0 fully saturated rings. The van der Waals surface area contributed by atoms with Crippen molar-refractivity contribution in [2.45, 2.75) is 6.54 Å². The lowest BCUT2D eigenvalue weighted by Gasteiger charge is -2.11. The molecule has 0 aliphatic carbocycles. The molecule has 9 heteroatoms. The molecule has 0 unspecified atom stereocenters. The summed E-state index contributed by atoms with van der Waals surface area (Å²) in [4.78, 5) is 27.2. The zero-order chi connectivity index (χ0) is 18.7. The molecule has 0 saturated heterocycles. The van der Waals surface area contributed by atoms with Gasteiger partial charge < -0.3 is 14.8 Å². The van der Waals surface area contributed by atoms with Crippen LogP contribution in [0.25, 0.3) is 5.65 Å². The first kappa shape index (κ1) is 17.2. The summed E-state index contributed by atoms with van der Waals surface area (Å²) in [5.41, 5.74) is -0.241. The van der Waals surface area contributed by atoms with Gasteiger partial charge in [0, 0.05) is 12.7 Å². The summed E-state index contributed by atoms with van der Waals surface area (Å²) in [5, 5.41) is 14.2.